The zero-order valence-corrected chi connectivity index (χ0v) is 15.7. The second-order valence-corrected chi connectivity index (χ2v) is 10.5. The second-order valence-electron chi connectivity index (χ2n) is 7.05. The molecule has 126 valence electrons. The average Bonchev–Trinajstić information content (AvgIpc) is 3.08. The molecule has 2 aromatic rings. The molecule has 0 bridgehead atoms. The van der Waals surface area contributed by atoms with Gasteiger partial charge in [-0.1, -0.05) is 66.7 Å². The average molecular weight is 337 g/mol. The topological polar surface area (TPSA) is 9.23 Å². The third-order valence-corrected chi connectivity index (χ3v) is 9.00. The van der Waals surface area contributed by atoms with E-state index in [1.165, 1.54) is 36.1 Å². The van der Waals surface area contributed by atoms with Crippen LogP contribution in [0.2, 0.25) is 6.55 Å². The van der Waals surface area contributed by atoms with E-state index < -0.39 is 8.32 Å². The van der Waals surface area contributed by atoms with Crippen molar-refractivity contribution >= 4 is 18.7 Å². The molecule has 0 amide bonds. The fourth-order valence-corrected chi connectivity index (χ4v) is 7.04. The Balaban J connectivity index is 1.81. The van der Waals surface area contributed by atoms with Gasteiger partial charge >= 0.3 is 0 Å². The molecule has 1 aliphatic carbocycles. The van der Waals surface area contributed by atoms with Crippen LogP contribution in [0.3, 0.4) is 0 Å². The van der Waals surface area contributed by atoms with E-state index in [1.807, 2.05) is 6.08 Å². The highest BCUT2D eigenvalue weighted by Gasteiger charge is 2.38. The summed E-state index contributed by atoms with van der Waals surface area (Å²) >= 11 is 0. The van der Waals surface area contributed by atoms with Gasteiger partial charge in [0.2, 0.25) is 0 Å². The molecule has 0 aromatic heterocycles. The van der Waals surface area contributed by atoms with E-state index in [0.29, 0.717) is 6.10 Å². The summed E-state index contributed by atoms with van der Waals surface area (Å²) in [7, 11) is -2.15. The molecule has 24 heavy (non-hydrogen) atoms. The van der Waals surface area contributed by atoms with Crippen LogP contribution in [0, 0.1) is 5.92 Å². The van der Waals surface area contributed by atoms with Crippen LogP contribution < -0.4 is 10.4 Å². The van der Waals surface area contributed by atoms with Crippen LogP contribution in [0.25, 0.3) is 0 Å². The summed E-state index contributed by atoms with van der Waals surface area (Å²) in [4.78, 5) is 0. The summed E-state index contributed by atoms with van der Waals surface area (Å²) in [5, 5.41) is 2.73. The Kier molecular flexibility index (Phi) is 5.70. The van der Waals surface area contributed by atoms with E-state index in [2.05, 4.69) is 73.8 Å². The van der Waals surface area contributed by atoms with Gasteiger partial charge in [0.15, 0.2) is 0 Å². The quantitative estimate of drug-likeness (QED) is 0.533. The normalized spacial score (nSPS) is 20.9. The first kappa shape index (κ1) is 17.2. The van der Waals surface area contributed by atoms with Crippen molar-refractivity contribution in [1.29, 1.82) is 0 Å². The first-order chi connectivity index (χ1) is 11.7. The Morgan fingerprint density at radius 3 is 2.12 bits per heavy atom. The van der Waals surface area contributed by atoms with E-state index in [0.717, 1.165) is 12.3 Å². The fraction of sp³-hybridized carbons (Fsp3) is 0.364. The molecule has 0 N–H and O–H groups in total. The zero-order valence-electron chi connectivity index (χ0n) is 14.7. The molecule has 3 rings (SSSR count). The van der Waals surface area contributed by atoms with E-state index in [9.17, 15) is 0 Å². The van der Waals surface area contributed by atoms with E-state index >= 15 is 0 Å². The van der Waals surface area contributed by atoms with Gasteiger partial charge in [0.05, 0.1) is 0 Å². The van der Waals surface area contributed by atoms with Crippen molar-refractivity contribution < 1.29 is 4.43 Å². The van der Waals surface area contributed by atoms with Crippen LogP contribution >= 0.6 is 0 Å². The lowest BCUT2D eigenvalue weighted by Crippen LogP contribution is -2.59. The standard InChI is InChI=1S/C22H28OSi/c1-3-4-11-19-16-17-20(18-19)23-24(2,21-12-7-5-8-13-21)22-14-9-6-10-15-22/h3,5-10,12-15,19-20H,1,4,11,16-18H2,2H3/t19-,20+/m0/s1. The molecule has 0 aliphatic heterocycles. The molecule has 2 heteroatoms. The number of benzene rings is 2. The molecule has 0 heterocycles. The van der Waals surface area contributed by atoms with Crippen LogP contribution in [0.1, 0.15) is 32.1 Å². The maximum Gasteiger partial charge on any atom is 0.253 e. The fourth-order valence-electron chi connectivity index (χ4n) is 3.90. The lowest BCUT2D eigenvalue weighted by atomic mass is 10.0. The molecule has 1 aliphatic rings. The Bertz CT molecular complexity index is 598. The van der Waals surface area contributed by atoms with Crippen LogP contribution in [0.5, 0.6) is 0 Å². The van der Waals surface area contributed by atoms with Crippen LogP contribution in [0.15, 0.2) is 73.3 Å². The molecule has 2 atom stereocenters. The van der Waals surface area contributed by atoms with Crippen molar-refractivity contribution in [1.82, 2.24) is 0 Å². The summed E-state index contributed by atoms with van der Waals surface area (Å²) in [5.41, 5.74) is 0. The summed E-state index contributed by atoms with van der Waals surface area (Å²) in [6, 6.07) is 21.7. The maximum absolute atomic E-state index is 6.89. The Morgan fingerprint density at radius 2 is 1.58 bits per heavy atom. The lowest BCUT2D eigenvalue weighted by Gasteiger charge is -2.32. The Hall–Kier alpha value is -1.64. The van der Waals surface area contributed by atoms with Gasteiger partial charge in [0, 0.05) is 6.10 Å². The molecular weight excluding hydrogens is 308 g/mol. The highest BCUT2D eigenvalue weighted by atomic mass is 28.4. The summed E-state index contributed by atoms with van der Waals surface area (Å²) in [6.45, 7) is 6.21. The summed E-state index contributed by atoms with van der Waals surface area (Å²) < 4.78 is 6.89. The van der Waals surface area contributed by atoms with Crippen molar-refractivity contribution in [3.05, 3.63) is 73.3 Å². The molecule has 1 nitrogen and oxygen atoms in total. The van der Waals surface area contributed by atoms with Gasteiger partial charge in [-0.3, -0.25) is 0 Å². The third-order valence-electron chi connectivity index (χ3n) is 5.32. The predicted octanol–water partition coefficient (Wildman–Crippen LogP) is 4.53. The van der Waals surface area contributed by atoms with Gasteiger partial charge in [0.25, 0.3) is 8.32 Å². The van der Waals surface area contributed by atoms with E-state index in [1.54, 1.807) is 0 Å². The van der Waals surface area contributed by atoms with Crippen molar-refractivity contribution in [2.45, 2.75) is 44.8 Å². The molecule has 0 radical (unpaired) electrons. The lowest BCUT2D eigenvalue weighted by molar-refractivity contribution is 0.202. The second kappa shape index (κ2) is 7.95. The zero-order chi connectivity index (χ0) is 16.8. The highest BCUT2D eigenvalue weighted by Crippen LogP contribution is 2.32. The monoisotopic (exact) mass is 336 g/mol. The van der Waals surface area contributed by atoms with Crippen molar-refractivity contribution in [3.63, 3.8) is 0 Å². The molecule has 1 saturated carbocycles. The third kappa shape index (κ3) is 3.88. The minimum absolute atomic E-state index is 0.400. The Labute approximate surface area is 147 Å². The highest BCUT2D eigenvalue weighted by molar-refractivity contribution is 6.96. The molecule has 1 fully saturated rings. The number of allylic oxidation sites excluding steroid dienone is 1. The molecular formula is C22H28OSi. The number of rotatable bonds is 7. The summed E-state index contributed by atoms with van der Waals surface area (Å²) in [6.07, 6.45) is 8.53. The van der Waals surface area contributed by atoms with E-state index in [4.69, 9.17) is 4.43 Å². The molecule has 2 aromatic carbocycles. The number of hydrogen-bond acceptors (Lipinski definition) is 1. The number of hydrogen-bond donors (Lipinski definition) is 0. The summed E-state index contributed by atoms with van der Waals surface area (Å²) in [5.74, 6) is 0.804. The largest absolute Gasteiger partial charge is 0.405 e. The van der Waals surface area contributed by atoms with Crippen LogP contribution in [-0.4, -0.2) is 14.4 Å². The van der Waals surface area contributed by atoms with Gasteiger partial charge < -0.3 is 4.43 Å². The molecule has 0 spiro atoms. The van der Waals surface area contributed by atoms with Gasteiger partial charge in [0.1, 0.15) is 0 Å². The van der Waals surface area contributed by atoms with Crippen molar-refractivity contribution in [2.24, 2.45) is 5.92 Å². The van der Waals surface area contributed by atoms with Crippen molar-refractivity contribution in [2.75, 3.05) is 0 Å². The van der Waals surface area contributed by atoms with Crippen LogP contribution in [-0.2, 0) is 4.43 Å². The SMILES string of the molecule is C=CCC[C@H]1CC[C@@H](O[Si](C)(c2ccccc2)c2ccccc2)C1. The first-order valence-electron chi connectivity index (χ1n) is 9.12. The smallest absolute Gasteiger partial charge is 0.253 e. The van der Waals surface area contributed by atoms with Crippen LogP contribution in [0.4, 0.5) is 0 Å². The minimum Gasteiger partial charge on any atom is -0.405 e. The van der Waals surface area contributed by atoms with E-state index in [-0.39, 0.29) is 0 Å². The van der Waals surface area contributed by atoms with Gasteiger partial charge in [-0.25, -0.2) is 0 Å². The first-order valence-corrected chi connectivity index (χ1v) is 11.5. The minimum atomic E-state index is -2.15. The maximum atomic E-state index is 6.89. The van der Waals surface area contributed by atoms with Crippen molar-refractivity contribution in [3.8, 4) is 0 Å². The predicted molar refractivity (Wildman–Crippen MR) is 105 cm³/mol. The van der Waals surface area contributed by atoms with Gasteiger partial charge in [-0.2, -0.15) is 0 Å². The molecule has 0 unspecified atom stereocenters. The van der Waals surface area contributed by atoms with Gasteiger partial charge in [-0.05, 0) is 54.9 Å². The van der Waals surface area contributed by atoms with Gasteiger partial charge in [-0.15, -0.1) is 6.58 Å². The Morgan fingerprint density at radius 1 is 1.00 bits per heavy atom. The molecule has 0 saturated heterocycles.